The van der Waals surface area contributed by atoms with Gasteiger partial charge in [0.1, 0.15) is 0 Å². The first kappa shape index (κ1) is 15.0. The molecule has 102 valence electrons. The Bertz CT molecular complexity index is 193. The summed E-state index contributed by atoms with van der Waals surface area (Å²) in [6.45, 7) is 13.0. The molecule has 0 amide bonds. The lowest BCUT2D eigenvalue weighted by molar-refractivity contribution is 0.106. The van der Waals surface area contributed by atoms with E-state index in [9.17, 15) is 0 Å². The first-order valence-electron chi connectivity index (χ1n) is 7.66. The maximum absolute atomic E-state index is 3.62. The van der Waals surface area contributed by atoms with Crippen LogP contribution in [0.1, 0.15) is 59.8 Å². The highest BCUT2D eigenvalue weighted by atomic mass is 15.2. The van der Waals surface area contributed by atoms with Gasteiger partial charge in [-0.05, 0) is 38.8 Å². The molecule has 2 nitrogen and oxygen atoms in total. The zero-order valence-corrected chi connectivity index (χ0v) is 12.3. The lowest BCUT2D eigenvalue weighted by atomic mass is 9.92. The van der Waals surface area contributed by atoms with Crippen molar-refractivity contribution >= 4 is 0 Å². The average Bonchev–Trinajstić information content (AvgIpc) is 2.32. The van der Waals surface area contributed by atoms with Crippen LogP contribution >= 0.6 is 0 Å². The normalized spacial score (nSPS) is 28.2. The summed E-state index contributed by atoms with van der Waals surface area (Å²) in [5.41, 5.74) is 0. The summed E-state index contributed by atoms with van der Waals surface area (Å²) >= 11 is 0. The molecule has 0 radical (unpaired) electrons. The highest BCUT2D eigenvalue weighted by molar-refractivity contribution is 4.84. The summed E-state index contributed by atoms with van der Waals surface area (Å²) in [6, 6.07) is 1.53. The number of unbranched alkanes of at least 4 members (excludes halogenated alkanes) is 2. The SMILES string of the molecule is CCCCCC(C)N1CCC(NCC)C(C)C1. The molecule has 0 bridgehead atoms. The van der Waals surface area contributed by atoms with E-state index in [0.29, 0.717) is 0 Å². The topological polar surface area (TPSA) is 15.3 Å². The van der Waals surface area contributed by atoms with Gasteiger partial charge in [0.15, 0.2) is 0 Å². The summed E-state index contributed by atoms with van der Waals surface area (Å²) in [6.07, 6.45) is 6.85. The molecule has 17 heavy (non-hydrogen) atoms. The van der Waals surface area contributed by atoms with E-state index in [-0.39, 0.29) is 0 Å². The minimum Gasteiger partial charge on any atom is -0.314 e. The van der Waals surface area contributed by atoms with Crippen LogP contribution in [0.25, 0.3) is 0 Å². The lowest BCUT2D eigenvalue weighted by Crippen LogP contribution is -2.50. The molecule has 0 aromatic rings. The van der Waals surface area contributed by atoms with Crippen molar-refractivity contribution in [1.29, 1.82) is 0 Å². The first-order valence-corrected chi connectivity index (χ1v) is 7.66. The second kappa shape index (κ2) is 8.10. The van der Waals surface area contributed by atoms with Gasteiger partial charge in [0.05, 0.1) is 0 Å². The molecular weight excluding hydrogens is 208 g/mol. The van der Waals surface area contributed by atoms with Gasteiger partial charge in [-0.25, -0.2) is 0 Å². The Balaban J connectivity index is 2.27. The van der Waals surface area contributed by atoms with Crippen LogP contribution in [0.15, 0.2) is 0 Å². The molecule has 0 aromatic carbocycles. The van der Waals surface area contributed by atoms with E-state index in [1.54, 1.807) is 0 Å². The molecule has 0 aliphatic carbocycles. The standard InChI is InChI=1S/C15H32N2/c1-5-7-8-9-14(4)17-11-10-15(16-6-2)13(3)12-17/h13-16H,5-12H2,1-4H3. The van der Waals surface area contributed by atoms with Crippen LogP contribution in [0, 0.1) is 5.92 Å². The molecule has 1 saturated heterocycles. The molecule has 1 aliphatic heterocycles. The van der Waals surface area contributed by atoms with Crippen molar-refractivity contribution in [2.24, 2.45) is 5.92 Å². The molecule has 1 N–H and O–H groups in total. The quantitative estimate of drug-likeness (QED) is 0.687. The Kier molecular flexibility index (Phi) is 7.14. The van der Waals surface area contributed by atoms with E-state index in [1.807, 2.05) is 0 Å². The average molecular weight is 240 g/mol. The fourth-order valence-electron chi connectivity index (χ4n) is 3.02. The number of piperidine rings is 1. The van der Waals surface area contributed by atoms with Crippen molar-refractivity contribution in [2.45, 2.75) is 71.9 Å². The maximum atomic E-state index is 3.62. The lowest BCUT2D eigenvalue weighted by Gasteiger charge is -2.40. The largest absolute Gasteiger partial charge is 0.314 e. The third-order valence-corrected chi connectivity index (χ3v) is 4.25. The molecule has 0 saturated carbocycles. The van der Waals surface area contributed by atoms with Crippen LogP contribution in [0.5, 0.6) is 0 Å². The van der Waals surface area contributed by atoms with Gasteiger partial charge in [-0.15, -0.1) is 0 Å². The molecule has 1 rings (SSSR count). The van der Waals surface area contributed by atoms with Crippen molar-refractivity contribution < 1.29 is 0 Å². The minimum atomic E-state index is 0.749. The van der Waals surface area contributed by atoms with Crippen LogP contribution in [-0.2, 0) is 0 Å². The predicted octanol–water partition coefficient (Wildman–Crippen LogP) is 3.28. The van der Waals surface area contributed by atoms with E-state index in [4.69, 9.17) is 0 Å². The zero-order chi connectivity index (χ0) is 12.7. The second-order valence-electron chi connectivity index (χ2n) is 5.77. The number of nitrogens with zero attached hydrogens (tertiary/aromatic N) is 1. The number of rotatable bonds is 7. The Morgan fingerprint density at radius 2 is 2.06 bits per heavy atom. The Morgan fingerprint density at radius 1 is 1.29 bits per heavy atom. The molecule has 0 aromatic heterocycles. The fourth-order valence-corrected chi connectivity index (χ4v) is 3.02. The van der Waals surface area contributed by atoms with Crippen LogP contribution in [-0.4, -0.2) is 36.6 Å². The molecular formula is C15H32N2. The molecule has 1 heterocycles. The van der Waals surface area contributed by atoms with Gasteiger partial charge >= 0.3 is 0 Å². The predicted molar refractivity (Wildman–Crippen MR) is 76.4 cm³/mol. The van der Waals surface area contributed by atoms with Crippen molar-refractivity contribution in [3.05, 3.63) is 0 Å². The minimum absolute atomic E-state index is 0.749. The number of nitrogens with one attached hydrogen (secondary N) is 1. The summed E-state index contributed by atoms with van der Waals surface area (Å²) in [5.74, 6) is 0.803. The highest BCUT2D eigenvalue weighted by Gasteiger charge is 2.27. The summed E-state index contributed by atoms with van der Waals surface area (Å²) in [4.78, 5) is 2.70. The third kappa shape index (κ3) is 4.97. The molecule has 3 atom stereocenters. The fraction of sp³-hybridized carbons (Fsp3) is 1.00. The van der Waals surface area contributed by atoms with Crippen molar-refractivity contribution in [3.63, 3.8) is 0 Å². The summed E-state index contributed by atoms with van der Waals surface area (Å²) < 4.78 is 0. The third-order valence-electron chi connectivity index (χ3n) is 4.25. The molecule has 3 unspecified atom stereocenters. The number of hydrogen-bond donors (Lipinski definition) is 1. The van der Waals surface area contributed by atoms with Crippen LogP contribution in [0.2, 0.25) is 0 Å². The zero-order valence-electron chi connectivity index (χ0n) is 12.3. The van der Waals surface area contributed by atoms with E-state index in [1.165, 1.54) is 45.2 Å². The van der Waals surface area contributed by atoms with Gasteiger partial charge < -0.3 is 10.2 Å². The van der Waals surface area contributed by atoms with Crippen molar-refractivity contribution in [1.82, 2.24) is 10.2 Å². The van der Waals surface area contributed by atoms with E-state index in [2.05, 4.69) is 37.9 Å². The van der Waals surface area contributed by atoms with Gasteiger partial charge in [0, 0.05) is 18.6 Å². The monoisotopic (exact) mass is 240 g/mol. The summed E-state index contributed by atoms with van der Waals surface area (Å²) in [5, 5.41) is 3.62. The Labute approximate surface area is 108 Å². The Morgan fingerprint density at radius 3 is 2.65 bits per heavy atom. The molecule has 1 fully saturated rings. The van der Waals surface area contributed by atoms with E-state index < -0.39 is 0 Å². The van der Waals surface area contributed by atoms with Gasteiger partial charge in [0.2, 0.25) is 0 Å². The summed E-state index contributed by atoms with van der Waals surface area (Å²) in [7, 11) is 0. The van der Waals surface area contributed by atoms with E-state index >= 15 is 0 Å². The second-order valence-corrected chi connectivity index (χ2v) is 5.77. The van der Waals surface area contributed by atoms with Gasteiger partial charge in [-0.3, -0.25) is 0 Å². The Hall–Kier alpha value is -0.0800. The molecule has 1 aliphatic rings. The number of likely N-dealkylation sites (tertiary alicyclic amines) is 1. The van der Waals surface area contributed by atoms with Crippen molar-refractivity contribution in [3.8, 4) is 0 Å². The first-order chi connectivity index (χ1) is 8.19. The highest BCUT2D eigenvalue weighted by Crippen LogP contribution is 2.20. The van der Waals surface area contributed by atoms with E-state index in [0.717, 1.165) is 24.5 Å². The van der Waals surface area contributed by atoms with Gasteiger partial charge in [0.25, 0.3) is 0 Å². The van der Waals surface area contributed by atoms with Crippen LogP contribution < -0.4 is 5.32 Å². The van der Waals surface area contributed by atoms with Gasteiger partial charge in [-0.2, -0.15) is 0 Å². The smallest absolute Gasteiger partial charge is 0.0117 e. The molecule has 2 heteroatoms. The number of hydrogen-bond acceptors (Lipinski definition) is 2. The van der Waals surface area contributed by atoms with Crippen LogP contribution in [0.4, 0.5) is 0 Å². The maximum Gasteiger partial charge on any atom is 0.0117 e. The molecule has 0 spiro atoms. The van der Waals surface area contributed by atoms with Crippen molar-refractivity contribution in [2.75, 3.05) is 19.6 Å². The van der Waals surface area contributed by atoms with Crippen LogP contribution in [0.3, 0.4) is 0 Å². The van der Waals surface area contributed by atoms with Gasteiger partial charge in [-0.1, -0.05) is 40.0 Å².